The second-order valence-corrected chi connectivity index (χ2v) is 4.19. The van der Waals surface area contributed by atoms with Gasteiger partial charge in [-0.05, 0) is 13.8 Å². The minimum absolute atomic E-state index is 0.161. The molecule has 3 heteroatoms. The first-order chi connectivity index (χ1) is 6.62. The number of allylic oxidation sites excluding steroid dienone is 3. The summed E-state index contributed by atoms with van der Waals surface area (Å²) in [4.78, 5) is 15.2. The highest BCUT2D eigenvalue weighted by atomic mass is 16.5. The van der Waals surface area contributed by atoms with E-state index >= 15 is 0 Å². The maximum atomic E-state index is 10.7. The van der Waals surface area contributed by atoms with Crippen LogP contribution in [0.15, 0.2) is 28.8 Å². The highest BCUT2D eigenvalue weighted by Gasteiger charge is 2.31. The van der Waals surface area contributed by atoms with Crippen LogP contribution in [0.4, 0.5) is 0 Å². The molecule has 2 aliphatic rings. The van der Waals surface area contributed by atoms with E-state index in [4.69, 9.17) is 4.74 Å². The third-order valence-corrected chi connectivity index (χ3v) is 2.31. The van der Waals surface area contributed by atoms with Crippen LogP contribution in [0.5, 0.6) is 0 Å². The molecule has 1 aliphatic heterocycles. The average Bonchev–Trinajstić information content (AvgIpc) is 2.70. The standard InChI is InChI=1S/C11H13NO2/c1-11(2)7-14-10(12-11)9-5-3-4-8(9)6-13/h3-6,8H,7H2,1-2H3. The molecule has 0 aromatic carbocycles. The minimum atomic E-state index is -0.178. The Hall–Kier alpha value is -1.38. The van der Waals surface area contributed by atoms with E-state index in [0.717, 1.165) is 11.9 Å². The Morgan fingerprint density at radius 2 is 2.43 bits per heavy atom. The second kappa shape index (κ2) is 3.08. The lowest BCUT2D eigenvalue weighted by Gasteiger charge is -2.07. The number of aldehydes is 1. The smallest absolute Gasteiger partial charge is 0.213 e. The Labute approximate surface area is 83.2 Å². The summed E-state index contributed by atoms with van der Waals surface area (Å²) < 4.78 is 5.47. The molecular formula is C11H13NO2. The molecule has 0 saturated carbocycles. The van der Waals surface area contributed by atoms with E-state index in [1.54, 1.807) is 0 Å². The number of carbonyl (C=O) groups is 1. The van der Waals surface area contributed by atoms with Gasteiger partial charge in [0.15, 0.2) is 0 Å². The van der Waals surface area contributed by atoms with Crippen molar-refractivity contribution in [2.75, 3.05) is 6.61 Å². The van der Waals surface area contributed by atoms with Crippen molar-refractivity contribution in [3.05, 3.63) is 23.8 Å². The zero-order valence-electron chi connectivity index (χ0n) is 8.36. The maximum absolute atomic E-state index is 10.7. The molecule has 1 unspecified atom stereocenters. The predicted octanol–water partition coefficient (Wildman–Crippen LogP) is 1.50. The lowest BCUT2D eigenvalue weighted by molar-refractivity contribution is -0.109. The van der Waals surface area contributed by atoms with Crippen molar-refractivity contribution in [1.82, 2.24) is 0 Å². The van der Waals surface area contributed by atoms with Crippen LogP contribution in [-0.4, -0.2) is 24.3 Å². The van der Waals surface area contributed by atoms with Gasteiger partial charge in [-0.2, -0.15) is 0 Å². The lowest BCUT2D eigenvalue weighted by atomic mass is 10.0. The van der Waals surface area contributed by atoms with Crippen molar-refractivity contribution in [1.29, 1.82) is 0 Å². The van der Waals surface area contributed by atoms with Crippen molar-refractivity contribution in [2.24, 2.45) is 10.9 Å². The number of hydrogen-bond donors (Lipinski definition) is 0. The van der Waals surface area contributed by atoms with Gasteiger partial charge in [-0.3, -0.25) is 0 Å². The minimum Gasteiger partial charge on any atom is -0.475 e. The fourth-order valence-corrected chi connectivity index (χ4v) is 1.56. The Morgan fingerprint density at radius 3 is 3.00 bits per heavy atom. The van der Waals surface area contributed by atoms with Gasteiger partial charge in [0.1, 0.15) is 12.9 Å². The number of aliphatic imine (C=N–C) groups is 1. The van der Waals surface area contributed by atoms with Crippen LogP contribution in [-0.2, 0) is 9.53 Å². The molecule has 0 amide bonds. The van der Waals surface area contributed by atoms with Crippen molar-refractivity contribution >= 4 is 12.2 Å². The third kappa shape index (κ3) is 1.50. The molecule has 0 aromatic rings. The van der Waals surface area contributed by atoms with Crippen LogP contribution in [0, 0.1) is 5.92 Å². The van der Waals surface area contributed by atoms with Gasteiger partial charge in [0, 0.05) is 5.57 Å². The van der Waals surface area contributed by atoms with Gasteiger partial charge in [-0.15, -0.1) is 0 Å². The second-order valence-electron chi connectivity index (χ2n) is 4.19. The fourth-order valence-electron chi connectivity index (χ4n) is 1.56. The normalized spacial score (nSPS) is 28.3. The van der Waals surface area contributed by atoms with Crippen LogP contribution in [0.1, 0.15) is 13.8 Å². The molecule has 0 saturated heterocycles. The van der Waals surface area contributed by atoms with E-state index in [2.05, 4.69) is 4.99 Å². The summed E-state index contributed by atoms with van der Waals surface area (Å²) >= 11 is 0. The van der Waals surface area contributed by atoms with Gasteiger partial charge in [0.25, 0.3) is 0 Å². The largest absolute Gasteiger partial charge is 0.475 e. The molecule has 0 aromatic heterocycles. The summed E-state index contributed by atoms with van der Waals surface area (Å²) in [7, 11) is 0. The van der Waals surface area contributed by atoms with Gasteiger partial charge in [-0.25, -0.2) is 4.99 Å². The lowest BCUT2D eigenvalue weighted by Crippen LogP contribution is -2.17. The molecule has 0 bridgehead atoms. The molecule has 1 aliphatic carbocycles. The topological polar surface area (TPSA) is 38.7 Å². The Kier molecular flexibility index (Phi) is 2.02. The van der Waals surface area contributed by atoms with Crippen molar-refractivity contribution in [3.8, 4) is 0 Å². The van der Waals surface area contributed by atoms with E-state index in [0.29, 0.717) is 12.5 Å². The highest BCUT2D eigenvalue weighted by molar-refractivity contribution is 6.00. The molecule has 0 N–H and O–H groups in total. The predicted molar refractivity (Wildman–Crippen MR) is 54.2 cm³/mol. The summed E-state index contributed by atoms with van der Waals surface area (Å²) in [5.41, 5.74) is 0.720. The van der Waals surface area contributed by atoms with E-state index < -0.39 is 0 Å². The quantitative estimate of drug-likeness (QED) is 0.620. The van der Waals surface area contributed by atoms with Crippen molar-refractivity contribution in [3.63, 3.8) is 0 Å². The third-order valence-electron chi connectivity index (χ3n) is 2.31. The molecule has 2 rings (SSSR count). The van der Waals surface area contributed by atoms with Crippen LogP contribution < -0.4 is 0 Å². The summed E-state index contributed by atoms with van der Waals surface area (Å²) in [6.45, 7) is 4.61. The molecule has 1 atom stereocenters. The highest BCUT2D eigenvalue weighted by Crippen LogP contribution is 2.26. The van der Waals surface area contributed by atoms with Gasteiger partial charge in [0.2, 0.25) is 5.90 Å². The van der Waals surface area contributed by atoms with Crippen LogP contribution in [0.2, 0.25) is 0 Å². The number of ether oxygens (including phenoxy) is 1. The first-order valence-corrected chi connectivity index (χ1v) is 4.69. The average molecular weight is 191 g/mol. The van der Waals surface area contributed by atoms with Crippen molar-refractivity contribution in [2.45, 2.75) is 19.4 Å². The fraction of sp³-hybridized carbons (Fsp3) is 0.455. The SMILES string of the molecule is CC1(C)COC(C2=CC=CC2C=O)=N1. The number of hydrogen-bond acceptors (Lipinski definition) is 3. The van der Waals surface area contributed by atoms with E-state index in [1.165, 1.54) is 0 Å². The molecule has 14 heavy (non-hydrogen) atoms. The zero-order valence-corrected chi connectivity index (χ0v) is 8.36. The summed E-state index contributed by atoms with van der Waals surface area (Å²) in [6, 6.07) is 0. The Morgan fingerprint density at radius 1 is 1.64 bits per heavy atom. The molecular weight excluding hydrogens is 178 g/mol. The molecule has 74 valence electrons. The van der Waals surface area contributed by atoms with Crippen molar-refractivity contribution < 1.29 is 9.53 Å². The van der Waals surface area contributed by atoms with Crippen LogP contribution in [0.25, 0.3) is 0 Å². The summed E-state index contributed by atoms with van der Waals surface area (Å²) in [6.07, 6.45) is 6.51. The zero-order chi connectivity index (χ0) is 10.2. The van der Waals surface area contributed by atoms with E-state index in [9.17, 15) is 4.79 Å². The van der Waals surface area contributed by atoms with Gasteiger partial charge in [0.05, 0.1) is 11.5 Å². The number of carbonyl (C=O) groups excluding carboxylic acids is 1. The summed E-state index contributed by atoms with van der Waals surface area (Å²) in [5, 5.41) is 0. The number of rotatable bonds is 2. The Bertz CT molecular complexity index is 350. The van der Waals surface area contributed by atoms with Gasteiger partial charge < -0.3 is 9.53 Å². The van der Waals surface area contributed by atoms with Crippen LogP contribution >= 0.6 is 0 Å². The molecule has 3 nitrogen and oxygen atoms in total. The Balaban J connectivity index is 2.22. The maximum Gasteiger partial charge on any atom is 0.213 e. The molecule has 1 heterocycles. The summed E-state index contributed by atoms with van der Waals surface area (Å²) in [5.74, 6) is 0.444. The van der Waals surface area contributed by atoms with Crippen LogP contribution in [0.3, 0.4) is 0 Å². The molecule has 0 radical (unpaired) electrons. The first-order valence-electron chi connectivity index (χ1n) is 4.69. The first kappa shape index (κ1) is 9.19. The molecule has 0 fully saturated rings. The van der Waals surface area contributed by atoms with E-state index in [1.807, 2.05) is 32.1 Å². The monoisotopic (exact) mass is 191 g/mol. The molecule has 0 spiro atoms. The van der Waals surface area contributed by atoms with Gasteiger partial charge in [-0.1, -0.05) is 18.2 Å². The van der Waals surface area contributed by atoms with E-state index in [-0.39, 0.29) is 11.5 Å². The van der Waals surface area contributed by atoms with Gasteiger partial charge >= 0.3 is 0 Å². The number of nitrogens with zero attached hydrogens (tertiary/aromatic N) is 1.